The van der Waals surface area contributed by atoms with Gasteiger partial charge in [-0.3, -0.25) is 14.8 Å². The predicted molar refractivity (Wildman–Crippen MR) is 68.5 cm³/mol. The molecule has 1 amide bonds. The lowest BCUT2D eigenvalue weighted by Gasteiger charge is -2.21. The van der Waals surface area contributed by atoms with Gasteiger partial charge in [0.2, 0.25) is 5.82 Å². The maximum Gasteiger partial charge on any atom is 0.341 e. The molecule has 7 nitrogen and oxygen atoms in total. The Morgan fingerprint density at radius 1 is 1.42 bits per heavy atom. The van der Waals surface area contributed by atoms with Gasteiger partial charge in [0.1, 0.15) is 0 Å². The molecule has 0 aliphatic rings. The summed E-state index contributed by atoms with van der Waals surface area (Å²) in [4.78, 5) is 29.2. The Balaban J connectivity index is 2.18. The number of carbonyl (C=O) groups excluding carboxylic acids is 1. The van der Waals surface area contributed by atoms with Crippen LogP contribution in [0.15, 0.2) is 29.3 Å². The minimum atomic E-state index is -0.507. The number of hydrogen-bond acceptors (Lipinski definition) is 4. The van der Waals surface area contributed by atoms with Crippen molar-refractivity contribution < 1.29 is 4.79 Å². The summed E-state index contributed by atoms with van der Waals surface area (Å²) in [5, 5.41) is 8.59. The number of rotatable bonds is 4. The average molecular weight is 261 g/mol. The zero-order chi connectivity index (χ0) is 13.8. The van der Waals surface area contributed by atoms with Crippen molar-refractivity contribution in [2.24, 2.45) is 5.92 Å². The number of aromatic amines is 2. The number of pyridine rings is 1. The third-order valence-electron chi connectivity index (χ3n) is 2.71. The fraction of sp³-hybridized carbons (Fsp3) is 0.333. The van der Waals surface area contributed by atoms with Crippen molar-refractivity contribution in [3.8, 4) is 0 Å². The molecule has 2 rings (SSSR count). The number of amides is 1. The molecule has 0 spiro atoms. The molecule has 0 radical (unpaired) electrons. The lowest BCUT2D eigenvalue weighted by atomic mass is 9.97. The molecule has 3 N–H and O–H groups in total. The van der Waals surface area contributed by atoms with Gasteiger partial charge < -0.3 is 5.32 Å². The molecule has 7 heteroatoms. The van der Waals surface area contributed by atoms with Crippen molar-refractivity contribution in [2.45, 2.75) is 19.9 Å². The number of nitrogens with one attached hydrogen (secondary N) is 3. The molecular formula is C12H15N5O2. The fourth-order valence-electron chi connectivity index (χ4n) is 1.78. The molecule has 0 bridgehead atoms. The van der Waals surface area contributed by atoms with Crippen LogP contribution in [-0.4, -0.2) is 26.1 Å². The first-order valence-electron chi connectivity index (χ1n) is 5.93. The molecule has 0 aliphatic carbocycles. The van der Waals surface area contributed by atoms with E-state index in [1.165, 1.54) is 0 Å². The molecule has 100 valence electrons. The fourth-order valence-corrected chi connectivity index (χ4v) is 1.78. The summed E-state index contributed by atoms with van der Waals surface area (Å²) in [6.07, 6.45) is 3.38. The Hall–Kier alpha value is -2.44. The van der Waals surface area contributed by atoms with Gasteiger partial charge in [-0.2, -0.15) is 0 Å². The predicted octanol–water partition coefficient (Wildman–Crippen LogP) is 0.620. The minimum Gasteiger partial charge on any atom is -0.342 e. The molecule has 0 aromatic carbocycles. The SMILES string of the molecule is CC(C)[C@H](NC(=O)c1n[nH]c(=O)[nH]1)c1cccnc1. The van der Waals surface area contributed by atoms with Crippen LogP contribution >= 0.6 is 0 Å². The van der Waals surface area contributed by atoms with Crippen molar-refractivity contribution in [1.29, 1.82) is 0 Å². The Morgan fingerprint density at radius 2 is 2.21 bits per heavy atom. The Morgan fingerprint density at radius 3 is 2.74 bits per heavy atom. The van der Waals surface area contributed by atoms with Gasteiger partial charge in [-0.15, -0.1) is 5.10 Å². The van der Waals surface area contributed by atoms with Crippen LogP contribution in [-0.2, 0) is 0 Å². The van der Waals surface area contributed by atoms with Crippen LogP contribution in [0, 0.1) is 5.92 Å². The number of carbonyl (C=O) groups is 1. The summed E-state index contributed by atoms with van der Waals surface area (Å²) < 4.78 is 0. The first-order valence-corrected chi connectivity index (χ1v) is 5.93. The quantitative estimate of drug-likeness (QED) is 0.750. The molecule has 19 heavy (non-hydrogen) atoms. The van der Waals surface area contributed by atoms with E-state index in [1.807, 2.05) is 26.0 Å². The highest BCUT2D eigenvalue weighted by Gasteiger charge is 2.20. The van der Waals surface area contributed by atoms with E-state index >= 15 is 0 Å². The van der Waals surface area contributed by atoms with Crippen molar-refractivity contribution in [3.63, 3.8) is 0 Å². The molecule has 2 aromatic rings. The van der Waals surface area contributed by atoms with Gasteiger partial charge in [0.25, 0.3) is 5.91 Å². The van der Waals surface area contributed by atoms with Crippen LogP contribution in [0.2, 0.25) is 0 Å². The minimum absolute atomic E-state index is 0.0282. The second-order valence-corrected chi connectivity index (χ2v) is 4.51. The smallest absolute Gasteiger partial charge is 0.341 e. The third-order valence-corrected chi connectivity index (χ3v) is 2.71. The zero-order valence-corrected chi connectivity index (χ0v) is 10.7. The highest BCUT2D eigenvalue weighted by Crippen LogP contribution is 2.20. The van der Waals surface area contributed by atoms with E-state index < -0.39 is 11.6 Å². The normalized spacial score (nSPS) is 12.4. The number of hydrogen-bond donors (Lipinski definition) is 3. The molecule has 1 atom stereocenters. The third kappa shape index (κ3) is 3.06. The van der Waals surface area contributed by atoms with Gasteiger partial charge in [0.05, 0.1) is 6.04 Å². The van der Waals surface area contributed by atoms with Crippen LogP contribution in [0.5, 0.6) is 0 Å². The first kappa shape index (κ1) is 13.0. The molecule has 0 fully saturated rings. The van der Waals surface area contributed by atoms with Crippen molar-refractivity contribution >= 4 is 5.91 Å². The monoisotopic (exact) mass is 261 g/mol. The maximum atomic E-state index is 12.0. The van der Waals surface area contributed by atoms with Crippen LogP contribution < -0.4 is 11.0 Å². The topological polar surface area (TPSA) is 104 Å². The summed E-state index contributed by atoms with van der Waals surface area (Å²) in [5.41, 5.74) is 0.399. The van der Waals surface area contributed by atoms with Crippen molar-refractivity contribution in [1.82, 2.24) is 25.5 Å². The Bertz CT molecular complexity index is 602. The lowest BCUT2D eigenvalue weighted by molar-refractivity contribution is 0.0915. The molecule has 0 unspecified atom stereocenters. The Kier molecular flexibility index (Phi) is 3.74. The van der Waals surface area contributed by atoms with Crippen LogP contribution in [0.1, 0.15) is 36.1 Å². The number of aromatic nitrogens is 4. The van der Waals surface area contributed by atoms with E-state index in [9.17, 15) is 9.59 Å². The molecule has 0 saturated heterocycles. The van der Waals surface area contributed by atoms with Gasteiger partial charge in [-0.25, -0.2) is 9.89 Å². The Labute approximate surface area is 109 Å². The van der Waals surface area contributed by atoms with Crippen LogP contribution in [0.25, 0.3) is 0 Å². The molecule has 0 aliphatic heterocycles. The molecule has 0 saturated carbocycles. The van der Waals surface area contributed by atoms with E-state index in [1.54, 1.807) is 12.4 Å². The van der Waals surface area contributed by atoms with E-state index in [-0.39, 0.29) is 17.8 Å². The molecule has 2 aromatic heterocycles. The van der Waals surface area contributed by atoms with Gasteiger partial charge in [-0.05, 0) is 17.5 Å². The van der Waals surface area contributed by atoms with Gasteiger partial charge in [0.15, 0.2) is 0 Å². The number of nitrogens with zero attached hydrogens (tertiary/aromatic N) is 2. The summed E-state index contributed by atoms with van der Waals surface area (Å²) in [7, 11) is 0. The first-order chi connectivity index (χ1) is 9.08. The van der Waals surface area contributed by atoms with E-state index in [0.29, 0.717) is 0 Å². The summed E-state index contributed by atoms with van der Waals surface area (Å²) in [6.45, 7) is 3.98. The maximum absolute atomic E-state index is 12.0. The van der Waals surface area contributed by atoms with Crippen molar-refractivity contribution in [2.75, 3.05) is 0 Å². The van der Waals surface area contributed by atoms with Crippen LogP contribution in [0.3, 0.4) is 0 Å². The summed E-state index contributed by atoms with van der Waals surface area (Å²) in [6, 6.07) is 3.51. The van der Waals surface area contributed by atoms with E-state index in [4.69, 9.17) is 0 Å². The summed E-state index contributed by atoms with van der Waals surface area (Å²) >= 11 is 0. The molecular weight excluding hydrogens is 246 g/mol. The standard InChI is InChI=1S/C12H15N5O2/c1-7(2)9(8-4-3-5-13-6-8)14-11(18)10-15-12(19)17-16-10/h3-7,9H,1-2H3,(H,14,18)(H2,15,16,17,19)/t9-/m0/s1. The van der Waals surface area contributed by atoms with Crippen molar-refractivity contribution in [3.05, 3.63) is 46.4 Å². The molecule has 2 heterocycles. The zero-order valence-electron chi connectivity index (χ0n) is 10.7. The largest absolute Gasteiger partial charge is 0.342 e. The average Bonchev–Trinajstić information content (AvgIpc) is 2.83. The second-order valence-electron chi connectivity index (χ2n) is 4.51. The highest BCUT2D eigenvalue weighted by atomic mass is 16.2. The van der Waals surface area contributed by atoms with Gasteiger partial charge in [-0.1, -0.05) is 19.9 Å². The van der Waals surface area contributed by atoms with E-state index in [2.05, 4.69) is 25.5 Å². The summed E-state index contributed by atoms with van der Waals surface area (Å²) in [5.74, 6) is -0.278. The number of H-pyrrole nitrogens is 2. The van der Waals surface area contributed by atoms with Gasteiger partial charge in [0, 0.05) is 12.4 Å². The highest BCUT2D eigenvalue weighted by molar-refractivity contribution is 5.90. The van der Waals surface area contributed by atoms with E-state index in [0.717, 1.165) is 5.56 Å². The van der Waals surface area contributed by atoms with Gasteiger partial charge >= 0.3 is 5.69 Å². The van der Waals surface area contributed by atoms with Crippen LogP contribution in [0.4, 0.5) is 0 Å². The lowest BCUT2D eigenvalue weighted by Crippen LogP contribution is -2.32. The second kappa shape index (κ2) is 5.47.